The Morgan fingerprint density at radius 3 is 3.10 bits per heavy atom. The Hall–Kier alpha value is -2.01. The molecule has 5 heteroatoms. The summed E-state index contributed by atoms with van der Waals surface area (Å²) < 4.78 is 5.55. The summed E-state index contributed by atoms with van der Waals surface area (Å²) in [6.07, 6.45) is 2.33. The molecule has 1 aliphatic rings. The highest BCUT2D eigenvalue weighted by atomic mass is 16.3. The highest BCUT2D eigenvalue weighted by Crippen LogP contribution is 2.22. The predicted molar refractivity (Wildman–Crippen MR) is 78.6 cm³/mol. The molecule has 1 unspecified atom stereocenters. The molecule has 3 N–H and O–H groups in total. The van der Waals surface area contributed by atoms with E-state index in [2.05, 4.69) is 17.3 Å². The average Bonchev–Trinajstić information content (AvgIpc) is 3.01. The van der Waals surface area contributed by atoms with Gasteiger partial charge in [0.1, 0.15) is 5.58 Å². The molecule has 1 atom stereocenters. The molecule has 1 amide bonds. The number of amides is 1. The average molecular weight is 273 g/mol. The number of nitrogens with two attached hydrogens (primary N) is 1. The van der Waals surface area contributed by atoms with E-state index < -0.39 is 0 Å². The molecule has 1 aromatic heterocycles. The van der Waals surface area contributed by atoms with Crippen LogP contribution in [0.3, 0.4) is 0 Å². The van der Waals surface area contributed by atoms with Gasteiger partial charge in [0.15, 0.2) is 5.76 Å². The van der Waals surface area contributed by atoms with Crippen LogP contribution in [0.1, 0.15) is 23.4 Å². The zero-order valence-electron chi connectivity index (χ0n) is 11.6. The van der Waals surface area contributed by atoms with Crippen molar-refractivity contribution < 1.29 is 9.21 Å². The minimum atomic E-state index is -0.167. The van der Waals surface area contributed by atoms with E-state index in [9.17, 15) is 4.79 Å². The van der Waals surface area contributed by atoms with Crippen molar-refractivity contribution in [2.24, 2.45) is 0 Å². The van der Waals surface area contributed by atoms with Crippen molar-refractivity contribution in [2.45, 2.75) is 18.9 Å². The molecule has 3 rings (SSSR count). The van der Waals surface area contributed by atoms with Gasteiger partial charge in [0.25, 0.3) is 5.91 Å². The Morgan fingerprint density at radius 1 is 1.50 bits per heavy atom. The van der Waals surface area contributed by atoms with Crippen molar-refractivity contribution in [3.05, 3.63) is 30.0 Å². The molecule has 2 aromatic rings. The molecule has 1 aliphatic heterocycles. The Labute approximate surface area is 117 Å². The van der Waals surface area contributed by atoms with Gasteiger partial charge in [-0.2, -0.15) is 0 Å². The lowest BCUT2D eigenvalue weighted by molar-refractivity contribution is 0.0918. The number of furan rings is 1. The number of hydrogen-bond donors (Lipinski definition) is 2. The standard InChI is InChI=1S/C15H19N3O2/c1-18-6-2-3-12(18)9-17-15(19)14-8-10-7-11(16)4-5-13(10)20-14/h4-5,7-8,12H,2-3,6,9,16H2,1H3,(H,17,19). The van der Waals surface area contributed by atoms with Crippen molar-refractivity contribution in [2.75, 3.05) is 25.9 Å². The van der Waals surface area contributed by atoms with Crippen LogP contribution in [0, 0.1) is 0 Å². The Kier molecular flexibility index (Phi) is 3.36. The SMILES string of the molecule is CN1CCCC1CNC(=O)c1cc2cc(N)ccc2o1. The maximum atomic E-state index is 12.1. The summed E-state index contributed by atoms with van der Waals surface area (Å²) in [5, 5.41) is 3.80. The number of hydrogen-bond acceptors (Lipinski definition) is 4. The Balaban J connectivity index is 1.69. The minimum Gasteiger partial charge on any atom is -0.451 e. The van der Waals surface area contributed by atoms with Crippen LogP contribution in [0.4, 0.5) is 5.69 Å². The molecule has 0 spiro atoms. The number of nitrogens with zero attached hydrogens (tertiary/aromatic N) is 1. The summed E-state index contributed by atoms with van der Waals surface area (Å²) in [7, 11) is 2.09. The van der Waals surface area contributed by atoms with E-state index in [1.165, 1.54) is 6.42 Å². The number of rotatable bonds is 3. The second-order valence-electron chi connectivity index (χ2n) is 5.39. The number of likely N-dealkylation sites (N-methyl/N-ethyl adjacent to an activating group) is 1. The second-order valence-corrected chi connectivity index (χ2v) is 5.39. The lowest BCUT2D eigenvalue weighted by Crippen LogP contribution is -2.38. The maximum absolute atomic E-state index is 12.1. The van der Waals surface area contributed by atoms with Gasteiger partial charge in [-0.3, -0.25) is 4.79 Å². The molecule has 1 aromatic carbocycles. The van der Waals surface area contributed by atoms with Crippen LogP contribution in [0.5, 0.6) is 0 Å². The molecule has 106 valence electrons. The lowest BCUT2D eigenvalue weighted by Gasteiger charge is -2.19. The third-order valence-electron chi connectivity index (χ3n) is 3.93. The summed E-state index contributed by atoms with van der Waals surface area (Å²) in [5.74, 6) is 0.173. The molecule has 0 bridgehead atoms. The fraction of sp³-hybridized carbons (Fsp3) is 0.400. The maximum Gasteiger partial charge on any atom is 0.287 e. The van der Waals surface area contributed by atoms with E-state index in [1.54, 1.807) is 24.3 Å². The number of nitrogens with one attached hydrogen (secondary N) is 1. The third-order valence-corrected chi connectivity index (χ3v) is 3.93. The van der Waals surface area contributed by atoms with Crippen LogP contribution in [0.25, 0.3) is 11.0 Å². The number of benzene rings is 1. The first kappa shape index (κ1) is 13.0. The summed E-state index contributed by atoms with van der Waals surface area (Å²) >= 11 is 0. The van der Waals surface area contributed by atoms with Gasteiger partial charge in [0, 0.05) is 23.7 Å². The number of anilines is 1. The second kappa shape index (κ2) is 5.17. The molecule has 2 heterocycles. The fourth-order valence-corrected chi connectivity index (χ4v) is 2.71. The molecular weight excluding hydrogens is 254 g/mol. The molecule has 1 fully saturated rings. The van der Waals surface area contributed by atoms with E-state index in [0.29, 0.717) is 29.6 Å². The number of carbonyl (C=O) groups excluding carboxylic acids is 1. The topological polar surface area (TPSA) is 71.5 Å². The van der Waals surface area contributed by atoms with Crippen LogP contribution < -0.4 is 11.1 Å². The first-order chi connectivity index (χ1) is 9.63. The van der Waals surface area contributed by atoms with Gasteiger partial charge >= 0.3 is 0 Å². The first-order valence-electron chi connectivity index (χ1n) is 6.91. The first-order valence-corrected chi connectivity index (χ1v) is 6.91. The van der Waals surface area contributed by atoms with Crippen LogP contribution >= 0.6 is 0 Å². The summed E-state index contributed by atoms with van der Waals surface area (Å²) in [5.41, 5.74) is 7.07. The molecule has 0 aliphatic carbocycles. The van der Waals surface area contributed by atoms with Crippen molar-refractivity contribution in [3.8, 4) is 0 Å². The van der Waals surface area contributed by atoms with Gasteiger partial charge < -0.3 is 20.4 Å². The van der Waals surface area contributed by atoms with Crippen molar-refractivity contribution in [1.29, 1.82) is 0 Å². The van der Waals surface area contributed by atoms with E-state index in [4.69, 9.17) is 10.2 Å². The van der Waals surface area contributed by atoms with Crippen LogP contribution in [0.15, 0.2) is 28.7 Å². The smallest absolute Gasteiger partial charge is 0.287 e. The van der Waals surface area contributed by atoms with E-state index in [0.717, 1.165) is 18.4 Å². The quantitative estimate of drug-likeness (QED) is 0.837. The fourth-order valence-electron chi connectivity index (χ4n) is 2.71. The number of likely N-dealkylation sites (tertiary alicyclic amines) is 1. The van der Waals surface area contributed by atoms with Crippen molar-refractivity contribution >= 4 is 22.6 Å². The van der Waals surface area contributed by atoms with Crippen LogP contribution in [0.2, 0.25) is 0 Å². The normalized spacial score (nSPS) is 19.6. The number of nitrogen functional groups attached to an aromatic ring is 1. The molecule has 0 radical (unpaired) electrons. The van der Waals surface area contributed by atoms with Gasteiger partial charge in [-0.05, 0) is 50.7 Å². The predicted octanol–water partition coefficient (Wildman–Crippen LogP) is 1.84. The summed E-state index contributed by atoms with van der Waals surface area (Å²) in [4.78, 5) is 14.4. The van der Waals surface area contributed by atoms with Gasteiger partial charge in [-0.25, -0.2) is 0 Å². The number of fused-ring (bicyclic) bond motifs is 1. The monoisotopic (exact) mass is 273 g/mol. The largest absolute Gasteiger partial charge is 0.451 e. The van der Waals surface area contributed by atoms with Gasteiger partial charge in [0.05, 0.1) is 0 Å². The van der Waals surface area contributed by atoms with E-state index >= 15 is 0 Å². The molecule has 5 nitrogen and oxygen atoms in total. The van der Waals surface area contributed by atoms with E-state index in [-0.39, 0.29) is 5.91 Å². The summed E-state index contributed by atoms with van der Waals surface area (Å²) in [6, 6.07) is 7.52. The molecule has 1 saturated heterocycles. The minimum absolute atomic E-state index is 0.167. The highest BCUT2D eigenvalue weighted by Gasteiger charge is 2.22. The molecular formula is C15H19N3O2. The number of carbonyl (C=O) groups is 1. The van der Waals surface area contributed by atoms with Gasteiger partial charge in [-0.1, -0.05) is 0 Å². The van der Waals surface area contributed by atoms with Crippen LogP contribution in [-0.2, 0) is 0 Å². The lowest BCUT2D eigenvalue weighted by atomic mass is 10.2. The van der Waals surface area contributed by atoms with Crippen molar-refractivity contribution in [3.63, 3.8) is 0 Å². The molecule has 0 saturated carbocycles. The van der Waals surface area contributed by atoms with E-state index in [1.807, 2.05) is 0 Å². The highest BCUT2D eigenvalue weighted by molar-refractivity contribution is 5.96. The van der Waals surface area contributed by atoms with Crippen molar-refractivity contribution in [1.82, 2.24) is 10.2 Å². The van der Waals surface area contributed by atoms with Gasteiger partial charge in [0.2, 0.25) is 0 Å². The molecule has 20 heavy (non-hydrogen) atoms. The Morgan fingerprint density at radius 2 is 2.35 bits per heavy atom. The summed E-state index contributed by atoms with van der Waals surface area (Å²) in [6.45, 7) is 1.76. The zero-order chi connectivity index (χ0) is 14.1. The van der Waals surface area contributed by atoms with Gasteiger partial charge in [-0.15, -0.1) is 0 Å². The van der Waals surface area contributed by atoms with Crippen LogP contribution in [-0.4, -0.2) is 37.0 Å². The Bertz CT molecular complexity index is 635. The zero-order valence-corrected chi connectivity index (χ0v) is 11.6. The third kappa shape index (κ3) is 2.49.